The number of ether oxygens (including phenoxy) is 1. The van der Waals surface area contributed by atoms with Crippen LogP contribution in [0.5, 0.6) is 0 Å². The molecule has 1 aliphatic heterocycles. The monoisotopic (exact) mass is 204 g/mol. The van der Waals surface area contributed by atoms with E-state index in [1.54, 1.807) is 6.92 Å². The Labute approximate surface area is 82.3 Å². The van der Waals surface area contributed by atoms with Gasteiger partial charge in [-0.3, -0.25) is 0 Å². The number of aliphatic hydroxyl groups excluding tert-OH is 2. The number of rotatable bonds is 2. The number of aliphatic hydroxyl groups is 2. The van der Waals surface area contributed by atoms with Crippen LogP contribution in [0.2, 0.25) is 0 Å². The third-order valence-corrected chi connectivity index (χ3v) is 2.78. The molecule has 5 nitrogen and oxygen atoms in total. The molecule has 0 bridgehead atoms. The lowest BCUT2D eigenvalue weighted by molar-refractivity contribution is -0.208. The summed E-state index contributed by atoms with van der Waals surface area (Å²) in [5.74, 6) is -1.45. The molecule has 5 atom stereocenters. The van der Waals surface area contributed by atoms with Crippen LogP contribution in [0.25, 0.3) is 0 Å². The molecule has 3 N–H and O–H groups in total. The van der Waals surface area contributed by atoms with Gasteiger partial charge in [-0.2, -0.15) is 0 Å². The second-order valence-corrected chi connectivity index (χ2v) is 3.65. The van der Waals surface area contributed by atoms with Gasteiger partial charge in [-0.05, 0) is 13.3 Å². The van der Waals surface area contributed by atoms with Crippen LogP contribution in [-0.4, -0.2) is 45.7 Å². The number of hydrogen-bond acceptors (Lipinski definition) is 4. The molecule has 0 aromatic heterocycles. The zero-order valence-corrected chi connectivity index (χ0v) is 8.25. The molecule has 5 unspecified atom stereocenters. The highest BCUT2D eigenvalue weighted by atomic mass is 16.5. The lowest BCUT2D eigenvalue weighted by Crippen LogP contribution is -2.56. The van der Waals surface area contributed by atoms with Gasteiger partial charge >= 0.3 is 5.97 Å². The molecule has 1 heterocycles. The van der Waals surface area contributed by atoms with Crippen molar-refractivity contribution < 1.29 is 24.9 Å². The van der Waals surface area contributed by atoms with Crippen molar-refractivity contribution in [3.05, 3.63) is 0 Å². The van der Waals surface area contributed by atoms with Gasteiger partial charge in [-0.25, -0.2) is 4.79 Å². The number of carboxylic acids is 1. The first-order valence-corrected chi connectivity index (χ1v) is 4.73. The molecule has 1 rings (SSSR count). The molecule has 82 valence electrons. The van der Waals surface area contributed by atoms with Crippen LogP contribution in [-0.2, 0) is 9.53 Å². The predicted octanol–water partition coefficient (Wildman–Crippen LogP) is -0.394. The van der Waals surface area contributed by atoms with Crippen molar-refractivity contribution >= 4 is 5.97 Å². The van der Waals surface area contributed by atoms with E-state index in [1.807, 2.05) is 6.92 Å². The summed E-state index contributed by atoms with van der Waals surface area (Å²) in [7, 11) is 0. The van der Waals surface area contributed by atoms with E-state index >= 15 is 0 Å². The lowest BCUT2D eigenvalue weighted by Gasteiger charge is -2.39. The Balaban J connectivity index is 2.77. The smallest absolute Gasteiger partial charge is 0.335 e. The normalized spacial score (nSPS) is 43.6. The van der Waals surface area contributed by atoms with Gasteiger partial charge in [0.1, 0.15) is 6.10 Å². The summed E-state index contributed by atoms with van der Waals surface area (Å²) in [6.45, 7) is 3.57. The summed E-state index contributed by atoms with van der Waals surface area (Å²) in [5.41, 5.74) is 0. The molecule has 0 aliphatic carbocycles. The van der Waals surface area contributed by atoms with Crippen LogP contribution in [0.3, 0.4) is 0 Å². The fraction of sp³-hybridized carbons (Fsp3) is 0.889. The van der Waals surface area contributed by atoms with Crippen LogP contribution in [0.15, 0.2) is 0 Å². The molecule has 0 saturated carbocycles. The van der Waals surface area contributed by atoms with Crippen molar-refractivity contribution in [1.82, 2.24) is 0 Å². The summed E-state index contributed by atoms with van der Waals surface area (Å²) in [4.78, 5) is 10.7. The van der Waals surface area contributed by atoms with Crippen molar-refractivity contribution in [2.75, 3.05) is 0 Å². The maximum absolute atomic E-state index is 10.7. The Morgan fingerprint density at radius 3 is 2.36 bits per heavy atom. The Morgan fingerprint density at radius 2 is 1.93 bits per heavy atom. The molecular weight excluding hydrogens is 188 g/mol. The molecule has 1 fully saturated rings. The molecule has 0 amide bonds. The predicted molar refractivity (Wildman–Crippen MR) is 47.8 cm³/mol. The van der Waals surface area contributed by atoms with Crippen LogP contribution in [0, 0.1) is 5.92 Å². The lowest BCUT2D eigenvalue weighted by atomic mass is 9.85. The third-order valence-electron chi connectivity index (χ3n) is 2.78. The summed E-state index contributed by atoms with van der Waals surface area (Å²) >= 11 is 0. The molecule has 0 radical (unpaired) electrons. The van der Waals surface area contributed by atoms with E-state index in [1.165, 1.54) is 0 Å². The Hall–Kier alpha value is -0.650. The largest absolute Gasteiger partial charge is 0.479 e. The van der Waals surface area contributed by atoms with Gasteiger partial charge in [0.05, 0.1) is 12.2 Å². The van der Waals surface area contributed by atoms with Crippen molar-refractivity contribution in [1.29, 1.82) is 0 Å². The average Bonchev–Trinajstić information content (AvgIpc) is 2.12. The minimum Gasteiger partial charge on any atom is -0.479 e. The second kappa shape index (κ2) is 4.25. The first kappa shape index (κ1) is 11.4. The van der Waals surface area contributed by atoms with Gasteiger partial charge in [0.2, 0.25) is 0 Å². The van der Waals surface area contributed by atoms with Crippen molar-refractivity contribution in [2.24, 2.45) is 5.92 Å². The molecule has 1 aliphatic rings. The highest BCUT2D eigenvalue weighted by molar-refractivity contribution is 5.73. The average molecular weight is 204 g/mol. The van der Waals surface area contributed by atoms with Gasteiger partial charge in [0.15, 0.2) is 6.10 Å². The number of aliphatic carboxylic acids is 1. The van der Waals surface area contributed by atoms with Crippen molar-refractivity contribution in [3.63, 3.8) is 0 Å². The van der Waals surface area contributed by atoms with E-state index in [0.29, 0.717) is 6.42 Å². The first-order valence-electron chi connectivity index (χ1n) is 4.73. The van der Waals surface area contributed by atoms with Crippen molar-refractivity contribution in [3.8, 4) is 0 Å². The maximum Gasteiger partial charge on any atom is 0.335 e. The molecule has 1 saturated heterocycles. The summed E-state index contributed by atoms with van der Waals surface area (Å²) in [5, 5.41) is 27.8. The fourth-order valence-corrected chi connectivity index (χ4v) is 1.90. The number of hydrogen-bond donors (Lipinski definition) is 3. The molecule has 14 heavy (non-hydrogen) atoms. The Morgan fingerprint density at radius 1 is 1.36 bits per heavy atom. The van der Waals surface area contributed by atoms with Gasteiger partial charge in [-0.15, -0.1) is 0 Å². The minimum absolute atomic E-state index is 0.208. The van der Waals surface area contributed by atoms with Crippen LogP contribution < -0.4 is 0 Å². The van der Waals surface area contributed by atoms with E-state index in [2.05, 4.69) is 0 Å². The third kappa shape index (κ3) is 1.89. The van der Waals surface area contributed by atoms with Crippen LogP contribution >= 0.6 is 0 Å². The van der Waals surface area contributed by atoms with E-state index in [4.69, 9.17) is 9.84 Å². The summed E-state index contributed by atoms with van der Waals surface area (Å²) in [6, 6.07) is 0. The second-order valence-electron chi connectivity index (χ2n) is 3.65. The fourth-order valence-electron chi connectivity index (χ4n) is 1.90. The van der Waals surface area contributed by atoms with Crippen LogP contribution in [0.4, 0.5) is 0 Å². The van der Waals surface area contributed by atoms with Gasteiger partial charge in [-0.1, -0.05) is 6.92 Å². The van der Waals surface area contributed by atoms with Crippen molar-refractivity contribution in [2.45, 2.75) is 44.7 Å². The minimum atomic E-state index is -1.34. The van der Waals surface area contributed by atoms with Gasteiger partial charge in [0, 0.05) is 5.92 Å². The SMILES string of the molecule is CCC1C(C)OC(C(=O)O)C(O)C1O. The topological polar surface area (TPSA) is 87.0 Å². The molecule has 5 heteroatoms. The Kier molecular flexibility index (Phi) is 3.47. The molecule has 0 spiro atoms. The van der Waals surface area contributed by atoms with E-state index < -0.39 is 24.3 Å². The van der Waals surface area contributed by atoms with Gasteiger partial charge in [0.25, 0.3) is 0 Å². The standard InChI is InChI=1S/C9H16O5/c1-3-5-4(2)14-8(9(12)13)7(11)6(5)10/h4-8,10-11H,3H2,1-2H3,(H,12,13). The van der Waals surface area contributed by atoms with E-state index in [0.717, 1.165) is 0 Å². The zero-order valence-electron chi connectivity index (χ0n) is 8.25. The summed E-state index contributed by atoms with van der Waals surface area (Å²) < 4.78 is 5.12. The van der Waals surface area contributed by atoms with Crippen LogP contribution in [0.1, 0.15) is 20.3 Å². The molecular formula is C9H16O5. The quantitative estimate of drug-likeness (QED) is 0.570. The first-order chi connectivity index (χ1) is 6.49. The highest BCUT2D eigenvalue weighted by Gasteiger charge is 2.44. The molecule has 0 aromatic rings. The summed E-state index contributed by atoms with van der Waals surface area (Å²) in [6.07, 6.45) is -3.38. The number of carbonyl (C=O) groups is 1. The zero-order chi connectivity index (χ0) is 10.9. The Bertz CT molecular complexity index is 217. The van der Waals surface area contributed by atoms with E-state index in [-0.39, 0.29) is 12.0 Å². The highest BCUT2D eigenvalue weighted by Crippen LogP contribution is 2.28. The van der Waals surface area contributed by atoms with E-state index in [9.17, 15) is 15.0 Å². The molecule has 0 aromatic carbocycles. The number of carboxylic acid groups (broad SMARTS) is 1. The van der Waals surface area contributed by atoms with Gasteiger partial charge < -0.3 is 20.1 Å². The maximum atomic E-state index is 10.7.